The van der Waals surface area contributed by atoms with Crippen LogP contribution >= 0.6 is 34.5 Å². The smallest absolute Gasteiger partial charge is 0.407 e. The maximum Gasteiger partial charge on any atom is 0.407 e. The monoisotopic (exact) mass is 647 g/mol. The van der Waals surface area contributed by atoms with Gasteiger partial charge in [0.1, 0.15) is 18.8 Å². The number of benzene rings is 2. The highest BCUT2D eigenvalue weighted by Gasteiger charge is 2.36. The number of nitrogens with zero attached hydrogens (tertiary/aromatic N) is 2. The third-order valence-electron chi connectivity index (χ3n) is 7.02. The molecule has 2 amide bonds. The minimum Gasteiger partial charge on any atom is -0.487 e. The number of halogens is 2. The third kappa shape index (κ3) is 9.74. The number of nitrogens with one attached hydrogen (secondary N) is 1. The Balaban J connectivity index is 1.42. The van der Waals surface area contributed by atoms with Crippen molar-refractivity contribution in [2.24, 2.45) is 5.92 Å². The zero-order valence-electron chi connectivity index (χ0n) is 25.2. The fourth-order valence-corrected chi connectivity index (χ4v) is 5.90. The van der Waals surface area contributed by atoms with Gasteiger partial charge in [0.15, 0.2) is 5.75 Å². The van der Waals surface area contributed by atoms with Crippen molar-refractivity contribution in [1.82, 2.24) is 15.2 Å². The van der Waals surface area contributed by atoms with E-state index in [1.165, 1.54) is 22.5 Å². The molecule has 1 unspecified atom stereocenters. The van der Waals surface area contributed by atoms with Crippen molar-refractivity contribution in [1.29, 1.82) is 0 Å². The van der Waals surface area contributed by atoms with Crippen LogP contribution in [0.5, 0.6) is 10.9 Å². The van der Waals surface area contributed by atoms with Gasteiger partial charge >= 0.3 is 6.09 Å². The highest BCUT2D eigenvalue weighted by Crippen LogP contribution is 2.33. The maximum absolute atomic E-state index is 14.1. The van der Waals surface area contributed by atoms with Gasteiger partial charge in [-0.15, -0.1) is 0 Å². The van der Waals surface area contributed by atoms with Gasteiger partial charge in [-0.25, -0.2) is 9.78 Å². The largest absolute Gasteiger partial charge is 0.487 e. The second-order valence-electron chi connectivity index (χ2n) is 11.7. The van der Waals surface area contributed by atoms with Crippen LogP contribution in [0.4, 0.5) is 4.79 Å². The number of hydrogen-bond acceptors (Lipinski definition) is 7. The molecule has 0 bridgehead atoms. The number of thiazole rings is 1. The Hall–Kier alpha value is -3.01. The van der Waals surface area contributed by atoms with E-state index in [4.69, 9.17) is 37.4 Å². The number of alkyl carbamates (subject to hydrolysis) is 1. The number of ether oxygens (including phenoxy) is 3. The van der Waals surface area contributed by atoms with Crippen molar-refractivity contribution in [3.63, 3.8) is 0 Å². The van der Waals surface area contributed by atoms with Crippen LogP contribution < -0.4 is 14.8 Å². The van der Waals surface area contributed by atoms with Gasteiger partial charge in [0.25, 0.3) is 5.19 Å². The number of amides is 2. The van der Waals surface area contributed by atoms with E-state index in [1.807, 2.05) is 11.0 Å². The number of aryl methyl sites for hydroxylation is 1. The fraction of sp³-hybridized carbons (Fsp3) is 0.469. The lowest BCUT2D eigenvalue weighted by Crippen LogP contribution is -2.44. The minimum absolute atomic E-state index is 0.000326. The van der Waals surface area contributed by atoms with Crippen LogP contribution in [0.15, 0.2) is 42.6 Å². The number of hydrogen-bond donors (Lipinski definition) is 1. The second-order valence-corrected chi connectivity index (χ2v) is 13.6. The maximum atomic E-state index is 14.1. The summed E-state index contributed by atoms with van der Waals surface area (Å²) in [6.07, 6.45) is 3.51. The number of rotatable bonds is 13. The Morgan fingerprint density at radius 2 is 1.74 bits per heavy atom. The molecule has 0 spiro atoms. The molecule has 1 aliphatic carbocycles. The Labute approximate surface area is 267 Å². The van der Waals surface area contributed by atoms with Crippen molar-refractivity contribution in [3.05, 3.63) is 74.2 Å². The molecule has 3 aromatic rings. The number of carbonyl (C=O) groups is 2. The summed E-state index contributed by atoms with van der Waals surface area (Å²) in [7, 11) is 0. The van der Waals surface area contributed by atoms with Crippen LogP contribution in [-0.4, -0.2) is 53.3 Å². The number of carbonyl (C=O) groups excluding carboxylic acids is 2. The van der Waals surface area contributed by atoms with Crippen molar-refractivity contribution < 1.29 is 23.8 Å². The predicted molar refractivity (Wildman–Crippen MR) is 170 cm³/mol. The van der Waals surface area contributed by atoms with E-state index in [0.717, 1.165) is 23.3 Å². The lowest BCUT2D eigenvalue weighted by molar-refractivity contribution is -0.136. The standard InChI is InChI=1S/C32H39Cl2N3O5S/c1-20-8-6-9-22(21(20)2)19-37(24-12-13-24)29(38)23(17-35-30(39)42-32(3,4)5)16-25-18-36-31(43-25)41-15-14-40-28-26(33)10-7-11-27(28)34/h6-11,18,23-24H,12-17,19H2,1-5H3,(H,35,39). The van der Waals surface area contributed by atoms with Gasteiger partial charge in [0.2, 0.25) is 5.91 Å². The molecule has 8 nitrogen and oxygen atoms in total. The first kappa shape index (κ1) is 32.9. The Kier molecular flexibility index (Phi) is 11.2. The summed E-state index contributed by atoms with van der Waals surface area (Å²) in [5.41, 5.74) is 2.88. The highest BCUT2D eigenvalue weighted by atomic mass is 35.5. The van der Waals surface area contributed by atoms with E-state index < -0.39 is 17.6 Å². The molecule has 1 fully saturated rings. The average Bonchev–Trinajstić information content (AvgIpc) is 3.68. The molecule has 43 heavy (non-hydrogen) atoms. The van der Waals surface area contributed by atoms with E-state index in [-0.39, 0.29) is 31.7 Å². The van der Waals surface area contributed by atoms with Crippen LogP contribution in [0.2, 0.25) is 10.0 Å². The summed E-state index contributed by atoms with van der Waals surface area (Å²) in [6, 6.07) is 11.5. The summed E-state index contributed by atoms with van der Waals surface area (Å²) in [4.78, 5) is 33.8. The quantitative estimate of drug-likeness (QED) is 0.194. The SMILES string of the molecule is Cc1cccc(CN(C(=O)C(CNC(=O)OC(C)(C)C)Cc2cnc(OCCOc3c(Cl)cccc3Cl)s2)C2CC2)c1C. The lowest BCUT2D eigenvalue weighted by Gasteiger charge is -2.29. The predicted octanol–water partition coefficient (Wildman–Crippen LogP) is 7.40. The molecule has 1 aromatic heterocycles. The van der Waals surface area contributed by atoms with Gasteiger partial charge in [-0.05, 0) is 82.7 Å². The van der Waals surface area contributed by atoms with Crippen LogP contribution in [0.3, 0.4) is 0 Å². The van der Waals surface area contributed by atoms with Crippen LogP contribution in [0, 0.1) is 19.8 Å². The van der Waals surface area contributed by atoms with Crippen molar-refractivity contribution in [2.75, 3.05) is 19.8 Å². The van der Waals surface area contributed by atoms with Gasteiger partial charge in [0.05, 0.1) is 16.0 Å². The Morgan fingerprint density at radius 1 is 1.07 bits per heavy atom. The van der Waals surface area contributed by atoms with E-state index in [0.29, 0.717) is 34.0 Å². The van der Waals surface area contributed by atoms with Gasteiger partial charge in [-0.3, -0.25) is 4.79 Å². The molecule has 1 heterocycles. The third-order valence-corrected chi connectivity index (χ3v) is 8.55. The Morgan fingerprint density at radius 3 is 2.42 bits per heavy atom. The van der Waals surface area contributed by atoms with Crippen molar-refractivity contribution in [2.45, 2.75) is 72.1 Å². The Bertz CT molecular complexity index is 1400. The number of para-hydroxylation sites is 1. The number of aromatic nitrogens is 1. The summed E-state index contributed by atoms with van der Waals surface area (Å²) < 4.78 is 16.9. The van der Waals surface area contributed by atoms with E-state index in [1.54, 1.807) is 45.2 Å². The zero-order chi connectivity index (χ0) is 31.1. The summed E-state index contributed by atoms with van der Waals surface area (Å²) in [6.45, 7) is 10.7. The zero-order valence-corrected chi connectivity index (χ0v) is 27.6. The fourth-order valence-electron chi connectivity index (χ4n) is 4.53. The molecule has 2 aromatic carbocycles. The van der Waals surface area contributed by atoms with Crippen LogP contribution in [-0.2, 0) is 22.5 Å². The topological polar surface area (TPSA) is 90.0 Å². The molecule has 1 atom stereocenters. The molecular weight excluding hydrogens is 609 g/mol. The molecule has 232 valence electrons. The first-order valence-electron chi connectivity index (χ1n) is 14.4. The molecule has 4 rings (SSSR count). The molecule has 1 aliphatic rings. The average molecular weight is 649 g/mol. The minimum atomic E-state index is -0.642. The highest BCUT2D eigenvalue weighted by molar-refractivity contribution is 7.13. The molecule has 0 aliphatic heterocycles. The van der Waals surface area contributed by atoms with E-state index >= 15 is 0 Å². The van der Waals surface area contributed by atoms with Crippen molar-refractivity contribution in [3.8, 4) is 10.9 Å². The summed E-state index contributed by atoms with van der Waals surface area (Å²) >= 11 is 13.7. The van der Waals surface area contributed by atoms with Gasteiger partial charge in [-0.2, -0.15) is 0 Å². The van der Waals surface area contributed by atoms with E-state index in [9.17, 15) is 9.59 Å². The first-order chi connectivity index (χ1) is 20.4. The molecule has 0 saturated heterocycles. The molecule has 1 N–H and O–H groups in total. The molecule has 11 heteroatoms. The van der Waals surface area contributed by atoms with Crippen LogP contribution in [0.1, 0.15) is 55.2 Å². The molecule has 1 saturated carbocycles. The van der Waals surface area contributed by atoms with Gasteiger partial charge in [-0.1, -0.05) is 58.8 Å². The van der Waals surface area contributed by atoms with E-state index in [2.05, 4.69) is 36.3 Å². The van der Waals surface area contributed by atoms with Crippen LogP contribution in [0.25, 0.3) is 0 Å². The molecule has 0 radical (unpaired) electrons. The lowest BCUT2D eigenvalue weighted by atomic mass is 10.00. The summed E-state index contributed by atoms with van der Waals surface area (Å²) in [5, 5.41) is 4.14. The van der Waals surface area contributed by atoms with Gasteiger partial charge < -0.3 is 24.4 Å². The summed E-state index contributed by atoms with van der Waals surface area (Å²) in [5.74, 6) is -0.0910. The second kappa shape index (κ2) is 14.6. The van der Waals surface area contributed by atoms with Gasteiger partial charge in [0, 0.05) is 30.2 Å². The molecular formula is C32H39Cl2N3O5S. The van der Waals surface area contributed by atoms with Crippen molar-refractivity contribution >= 4 is 46.5 Å². The normalized spacial score (nSPS) is 13.7. The first-order valence-corrected chi connectivity index (χ1v) is 15.9.